The summed E-state index contributed by atoms with van der Waals surface area (Å²) in [6, 6.07) is 4.97. The van der Waals surface area contributed by atoms with Gasteiger partial charge in [-0.3, -0.25) is 19.1 Å². The highest BCUT2D eigenvalue weighted by Gasteiger charge is 2.26. The number of rotatable bonds is 13. The Hall–Kier alpha value is -3.23. The number of nitrogen functional groups attached to an aromatic ring is 1. The highest BCUT2D eigenvalue weighted by Crippen LogP contribution is 2.30. The first kappa shape index (κ1) is 27.0. The van der Waals surface area contributed by atoms with E-state index in [-0.39, 0.29) is 24.0 Å². The molecule has 9 nitrogen and oxygen atoms in total. The van der Waals surface area contributed by atoms with Crippen molar-refractivity contribution in [3.8, 4) is 11.5 Å². The number of anilines is 2. The van der Waals surface area contributed by atoms with Gasteiger partial charge in [0.1, 0.15) is 5.82 Å². The van der Waals surface area contributed by atoms with Crippen molar-refractivity contribution in [3.05, 3.63) is 44.6 Å². The number of benzene rings is 1. The number of H-pyrrole nitrogens is 1. The second-order valence-electron chi connectivity index (χ2n) is 8.58. The lowest BCUT2D eigenvalue weighted by atomic mass is 10.1. The third-order valence-electron chi connectivity index (χ3n) is 5.35. The molecule has 1 amide bonds. The number of hydrogen-bond donors (Lipinski definition) is 2. The Bertz CT molecular complexity index is 1070. The van der Waals surface area contributed by atoms with Crippen LogP contribution in [0.1, 0.15) is 70.7 Å². The number of aromatic nitrogens is 2. The summed E-state index contributed by atoms with van der Waals surface area (Å²) in [5, 5.41) is 0. The fourth-order valence-electron chi connectivity index (χ4n) is 3.48. The van der Waals surface area contributed by atoms with E-state index in [2.05, 4.69) is 4.98 Å². The maximum absolute atomic E-state index is 13.7. The van der Waals surface area contributed by atoms with Crippen LogP contribution >= 0.6 is 0 Å². The SMILES string of the molecule is CCCCn1c(N)c(N(CCC(C)C)C(=O)c2ccc(OCCC)c(OCC)c2)c(=O)[nH]c1=O. The van der Waals surface area contributed by atoms with Crippen LogP contribution in [-0.2, 0) is 6.54 Å². The molecule has 2 aromatic rings. The zero-order chi connectivity index (χ0) is 25.3. The van der Waals surface area contributed by atoms with Crippen molar-refractivity contribution in [1.29, 1.82) is 0 Å². The topological polar surface area (TPSA) is 120 Å². The van der Waals surface area contributed by atoms with Gasteiger partial charge in [-0.05, 0) is 50.3 Å². The normalized spacial score (nSPS) is 11.0. The molecule has 0 aliphatic rings. The number of nitrogens with one attached hydrogen (secondary N) is 1. The Morgan fingerprint density at radius 3 is 2.47 bits per heavy atom. The predicted octanol–water partition coefficient (Wildman–Crippen LogP) is 3.80. The summed E-state index contributed by atoms with van der Waals surface area (Å²) >= 11 is 0. The van der Waals surface area contributed by atoms with Gasteiger partial charge in [0.2, 0.25) is 0 Å². The standard InChI is InChI=1S/C25H38N4O5/c1-6-9-13-29-22(26)21(23(30)27-25(29)32)28(14-12-17(4)5)24(31)18-10-11-19(34-15-7-2)20(16-18)33-8-3/h10-11,16-17H,6-9,12-15,26H2,1-5H3,(H,27,30,32). The van der Waals surface area contributed by atoms with Crippen molar-refractivity contribution in [1.82, 2.24) is 9.55 Å². The quantitative estimate of drug-likeness (QED) is 0.456. The molecule has 0 aliphatic heterocycles. The van der Waals surface area contributed by atoms with Crippen LogP contribution in [0.4, 0.5) is 11.5 Å². The molecule has 0 radical (unpaired) electrons. The smallest absolute Gasteiger partial charge is 0.330 e. The molecular formula is C25H38N4O5. The first-order valence-electron chi connectivity index (χ1n) is 12.1. The molecule has 0 spiro atoms. The van der Waals surface area contributed by atoms with E-state index in [9.17, 15) is 14.4 Å². The van der Waals surface area contributed by atoms with Gasteiger partial charge in [-0.2, -0.15) is 0 Å². The van der Waals surface area contributed by atoms with Gasteiger partial charge in [-0.1, -0.05) is 34.1 Å². The number of carbonyl (C=O) groups is 1. The molecule has 188 valence electrons. The van der Waals surface area contributed by atoms with Gasteiger partial charge in [0.25, 0.3) is 11.5 Å². The first-order valence-corrected chi connectivity index (χ1v) is 12.1. The van der Waals surface area contributed by atoms with Crippen LogP contribution in [0.2, 0.25) is 0 Å². The van der Waals surface area contributed by atoms with Crippen molar-refractivity contribution in [2.75, 3.05) is 30.4 Å². The number of hydrogen-bond acceptors (Lipinski definition) is 6. The molecule has 1 heterocycles. The minimum absolute atomic E-state index is 0.00719. The molecule has 0 unspecified atom stereocenters. The van der Waals surface area contributed by atoms with Crippen LogP contribution in [0.5, 0.6) is 11.5 Å². The summed E-state index contributed by atoms with van der Waals surface area (Å²) in [6.45, 7) is 11.5. The van der Waals surface area contributed by atoms with Gasteiger partial charge in [-0.25, -0.2) is 4.79 Å². The van der Waals surface area contributed by atoms with Crippen LogP contribution in [0.3, 0.4) is 0 Å². The molecule has 0 atom stereocenters. The fourth-order valence-corrected chi connectivity index (χ4v) is 3.48. The van der Waals surface area contributed by atoms with Crippen molar-refractivity contribution >= 4 is 17.4 Å². The van der Waals surface area contributed by atoms with Crippen molar-refractivity contribution < 1.29 is 14.3 Å². The van der Waals surface area contributed by atoms with Crippen molar-refractivity contribution in [3.63, 3.8) is 0 Å². The molecule has 0 saturated heterocycles. The first-order chi connectivity index (χ1) is 16.2. The maximum Gasteiger partial charge on any atom is 0.330 e. The van der Waals surface area contributed by atoms with Gasteiger partial charge in [0.15, 0.2) is 17.2 Å². The van der Waals surface area contributed by atoms with Crippen LogP contribution in [0.15, 0.2) is 27.8 Å². The molecule has 3 N–H and O–H groups in total. The molecule has 0 bridgehead atoms. The van der Waals surface area contributed by atoms with E-state index >= 15 is 0 Å². The lowest BCUT2D eigenvalue weighted by Gasteiger charge is -2.25. The number of carbonyl (C=O) groups excluding carboxylic acids is 1. The van der Waals surface area contributed by atoms with E-state index in [1.54, 1.807) is 18.2 Å². The van der Waals surface area contributed by atoms with Gasteiger partial charge in [0.05, 0.1) is 13.2 Å². The Kier molecular flexibility index (Phi) is 10.2. The van der Waals surface area contributed by atoms with E-state index in [1.165, 1.54) is 9.47 Å². The summed E-state index contributed by atoms with van der Waals surface area (Å²) < 4.78 is 12.8. The van der Waals surface area contributed by atoms with Crippen LogP contribution in [0, 0.1) is 5.92 Å². The molecule has 9 heteroatoms. The van der Waals surface area contributed by atoms with E-state index in [0.29, 0.717) is 49.7 Å². The van der Waals surface area contributed by atoms with Gasteiger partial charge in [-0.15, -0.1) is 0 Å². The van der Waals surface area contributed by atoms with E-state index < -0.39 is 17.2 Å². The zero-order valence-electron chi connectivity index (χ0n) is 21.0. The van der Waals surface area contributed by atoms with Crippen LogP contribution < -0.4 is 31.4 Å². The van der Waals surface area contributed by atoms with Crippen LogP contribution in [0.25, 0.3) is 0 Å². The molecule has 34 heavy (non-hydrogen) atoms. The number of aromatic amines is 1. The van der Waals surface area contributed by atoms with Gasteiger partial charge < -0.3 is 20.1 Å². The molecular weight excluding hydrogens is 436 g/mol. The lowest BCUT2D eigenvalue weighted by molar-refractivity contribution is 0.0985. The van der Waals surface area contributed by atoms with Gasteiger partial charge >= 0.3 is 5.69 Å². The van der Waals surface area contributed by atoms with E-state index in [1.807, 2.05) is 34.6 Å². The number of amides is 1. The third-order valence-corrected chi connectivity index (χ3v) is 5.35. The zero-order valence-corrected chi connectivity index (χ0v) is 21.0. The summed E-state index contributed by atoms with van der Waals surface area (Å²) in [7, 11) is 0. The molecule has 0 saturated carbocycles. The monoisotopic (exact) mass is 474 g/mol. The second kappa shape index (κ2) is 12.9. The molecule has 0 aliphatic carbocycles. The molecule has 2 rings (SSSR count). The lowest BCUT2D eigenvalue weighted by Crippen LogP contribution is -2.42. The fraction of sp³-hybridized carbons (Fsp3) is 0.560. The number of nitrogens with zero attached hydrogens (tertiary/aromatic N) is 2. The van der Waals surface area contributed by atoms with E-state index in [4.69, 9.17) is 15.2 Å². The van der Waals surface area contributed by atoms with E-state index in [0.717, 1.165) is 12.8 Å². The number of unbranched alkanes of at least 4 members (excludes halogenated alkanes) is 1. The summed E-state index contributed by atoms with van der Waals surface area (Å²) in [6.07, 6.45) is 3.05. The highest BCUT2D eigenvalue weighted by atomic mass is 16.5. The predicted molar refractivity (Wildman–Crippen MR) is 135 cm³/mol. The van der Waals surface area contributed by atoms with Gasteiger partial charge in [0, 0.05) is 18.7 Å². The Labute approximate surface area is 200 Å². The molecule has 0 fully saturated rings. The third kappa shape index (κ3) is 6.65. The number of ether oxygens (including phenoxy) is 2. The second-order valence-corrected chi connectivity index (χ2v) is 8.58. The maximum atomic E-state index is 13.7. The Morgan fingerprint density at radius 2 is 1.85 bits per heavy atom. The highest BCUT2D eigenvalue weighted by molar-refractivity contribution is 6.07. The summed E-state index contributed by atoms with van der Waals surface area (Å²) in [5.74, 6) is 0.888. The summed E-state index contributed by atoms with van der Waals surface area (Å²) in [5.41, 5.74) is 5.38. The Morgan fingerprint density at radius 1 is 1.12 bits per heavy atom. The van der Waals surface area contributed by atoms with Crippen LogP contribution in [-0.4, -0.2) is 35.2 Å². The largest absolute Gasteiger partial charge is 0.490 e. The number of nitrogens with two attached hydrogens (primary N) is 1. The average Bonchev–Trinajstić information content (AvgIpc) is 2.79. The molecule has 1 aromatic heterocycles. The summed E-state index contributed by atoms with van der Waals surface area (Å²) in [4.78, 5) is 42.6. The molecule has 1 aromatic carbocycles. The Balaban J connectivity index is 2.58. The average molecular weight is 475 g/mol. The minimum Gasteiger partial charge on any atom is -0.490 e. The van der Waals surface area contributed by atoms with Crippen molar-refractivity contribution in [2.45, 2.75) is 66.8 Å². The minimum atomic E-state index is -0.680. The van der Waals surface area contributed by atoms with Crippen molar-refractivity contribution in [2.24, 2.45) is 5.92 Å².